The Bertz CT molecular complexity index is 1000. The van der Waals surface area contributed by atoms with Gasteiger partial charge in [-0.15, -0.1) is 0 Å². The van der Waals surface area contributed by atoms with Crippen molar-refractivity contribution in [1.82, 2.24) is 14.7 Å². The first-order valence-electron chi connectivity index (χ1n) is 9.38. The smallest absolute Gasteiger partial charge is 0.222 e. The fourth-order valence-electron chi connectivity index (χ4n) is 2.99. The first-order chi connectivity index (χ1) is 13.9. The summed E-state index contributed by atoms with van der Waals surface area (Å²) in [5, 5.41) is 4.54. The highest BCUT2D eigenvalue weighted by atomic mass is 19.1. The molecule has 0 aliphatic heterocycles. The van der Waals surface area contributed by atoms with Crippen molar-refractivity contribution in [3.63, 3.8) is 0 Å². The van der Waals surface area contributed by atoms with Crippen LogP contribution < -0.4 is 4.74 Å². The summed E-state index contributed by atoms with van der Waals surface area (Å²) in [5.74, 6) is -1.28. The molecule has 0 aliphatic carbocycles. The maximum Gasteiger partial charge on any atom is 0.222 e. The molecular weight excluding hydrogens is 376 g/mol. The van der Waals surface area contributed by atoms with Crippen LogP contribution in [0.2, 0.25) is 0 Å². The highest BCUT2D eigenvalue weighted by Gasteiger charge is 2.22. The summed E-state index contributed by atoms with van der Waals surface area (Å²) in [6.07, 6.45) is 0.636. The Kier molecular flexibility index (Phi) is 6.26. The number of nitrogens with zero attached hydrogens (tertiary/aromatic N) is 3. The van der Waals surface area contributed by atoms with E-state index in [2.05, 4.69) is 5.10 Å². The summed E-state index contributed by atoms with van der Waals surface area (Å²) in [5.41, 5.74) is 2.22. The normalized spacial score (nSPS) is 10.8. The highest BCUT2D eigenvalue weighted by molar-refractivity contribution is 5.77. The largest absolute Gasteiger partial charge is 0.436 e. The first-order valence-corrected chi connectivity index (χ1v) is 9.38. The van der Waals surface area contributed by atoms with Crippen LogP contribution in [0, 0.1) is 11.6 Å². The van der Waals surface area contributed by atoms with Gasteiger partial charge in [0.1, 0.15) is 5.82 Å². The first kappa shape index (κ1) is 20.5. The molecule has 2 aromatic carbocycles. The lowest BCUT2D eigenvalue weighted by molar-refractivity contribution is -0.129. The molecule has 3 rings (SSSR count). The summed E-state index contributed by atoms with van der Waals surface area (Å²) in [7, 11) is 3.43. The average molecular weight is 399 g/mol. The Morgan fingerprint density at radius 1 is 1.17 bits per heavy atom. The molecule has 0 saturated carbocycles. The lowest BCUT2D eigenvalue weighted by Gasteiger charge is -2.15. The van der Waals surface area contributed by atoms with Gasteiger partial charge >= 0.3 is 0 Å². The van der Waals surface area contributed by atoms with Gasteiger partial charge in [-0.3, -0.25) is 4.79 Å². The Hall–Kier alpha value is -3.22. The number of carbonyl (C=O) groups excluding carboxylic acids is 1. The number of rotatable bonds is 7. The van der Waals surface area contributed by atoms with Crippen LogP contribution in [-0.4, -0.2) is 34.2 Å². The van der Waals surface area contributed by atoms with Crippen LogP contribution in [0.5, 0.6) is 11.6 Å². The minimum absolute atomic E-state index is 0.00530. The van der Waals surface area contributed by atoms with Gasteiger partial charge in [0, 0.05) is 44.3 Å². The molecule has 1 aromatic heterocycles. The summed E-state index contributed by atoms with van der Waals surface area (Å²) < 4.78 is 34.7. The van der Waals surface area contributed by atoms with Crippen molar-refractivity contribution in [2.75, 3.05) is 13.6 Å². The van der Waals surface area contributed by atoms with Crippen molar-refractivity contribution in [3.05, 3.63) is 65.7 Å². The van der Waals surface area contributed by atoms with E-state index in [1.54, 1.807) is 19.0 Å². The van der Waals surface area contributed by atoms with Crippen LogP contribution in [0.3, 0.4) is 0 Å². The zero-order valence-electron chi connectivity index (χ0n) is 16.7. The van der Waals surface area contributed by atoms with Gasteiger partial charge in [-0.25, -0.2) is 13.5 Å². The van der Waals surface area contributed by atoms with Crippen LogP contribution in [0.1, 0.15) is 18.9 Å². The zero-order valence-corrected chi connectivity index (χ0v) is 16.7. The van der Waals surface area contributed by atoms with Gasteiger partial charge in [0.05, 0.1) is 5.69 Å². The number of ether oxygens (including phenoxy) is 1. The van der Waals surface area contributed by atoms with E-state index < -0.39 is 11.6 Å². The number of benzene rings is 2. The van der Waals surface area contributed by atoms with Crippen molar-refractivity contribution in [2.45, 2.75) is 19.8 Å². The minimum atomic E-state index is -0.805. The second kappa shape index (κ2) is 8.86. The van der Waals surface area contributed by atoms with Crippen LogP contribution in [0.15, 0.2) is 48.5 Å². The van der Waals surface area contributed by atoms with Gasteiger partial charge in [0.15, 0.2) is 11.6 Å². The lowest BCUT2D eigenvalue weighted by atomic mass is 10.0. The standard InChI is InChI=1S/C22H23F2N3O2/c1-4-26(2)20(28)13-11-17-21(15-8-6-5-7-9-15)25-27(3)22(17)29-19-12-10-16(23)14-18(19)24/h5-10,12,14H,4,11,13H2,1-3H3. The summed E-state index contributed by atoms with van der Waals surface area (Å²) >= 11 is 0. The molecule has 0 N–H and O–H groups in total. The molecule has 1 heterocycles. The summed E-state index contributed by atoms with van der Waals surface area (Å²) in [6.45, 7) is 2.52. The van der Waals surface area contributed by atoms with E-state index in [9.17, 15) is 13.6 Å². The molecule has 0 spiro atoms. The van der Waals surface area contributed by atoms with Crippen LogP contribution in [0.25, 0.3) is 11.3 Å². The molecule has 0 radical (unpaired) electrons. The molecular formula is C22H23F2N3O2. The van der Waals surface area contributed by atoms with Crippen molar-refractivity contribution < 1.29 is 18.3 Å². The molecule has 1 amide bonds. The average Bonchev–Trinajstić information content (AvgIpc) is 3.03. The Morgan fingerprint density at radius 2 is 1.90 bits per heavy atom. The topological polar surface area (TPSA) is 47.4 Å². The fraction of sp³-hybridized carbons (Fsp3) is 0.273. The molecule has 0 saturated heterocycles. The van der Waals surface area contributed by atoms with Gasteiger partial charge in [0.25, 0.3) is 0 Å². The van der Waals surface area contributed by atoms with E-state index in [0.717, 1.165) is 17.7 Å². The lowest BCUT2D eigenvalue weighted by Crippen LogP contribution is -2.26. The van der Waals surface area contributed by atoms with Crippen LogP contribution in [0.4, 0.5) is 8.78 Å². The molecule has 3 aromatic rings. The third-order valence-corrected chi connectivity index (χ3v) is 4.72. The van der Waals surface area contributed by atoms with Gasteiger partial charge in [-0.2, -0.15) is 5.10 Å². The SMILES string of the molecule is CCN(C)C(=O)CCc1c(-c2ccccc2)nn(C)c1Oc1ccc(F)cc1F. The van der Waals surface area contributed by atoms with Crippen molar-refractivity contribution in [3.8, 4) is 22.9 Å². The third kappa shape index (κ3) is 4.62. The van der Waals surface area contributed by atoms with E-state index in [0.29, 0.717) is 30.1 Å². The van der Waals surface area contributed by atoms with Crippen molar-refractivity contribution in [1.29, 1.82) is 0 Å². The van der Waals surface area contributed by atoms with Crippen LogP contribution >= 0.6 is 0 Å². The molecule has 0 atom stereocenters. The molecule has 0 unspecified atom stereocenters. The zero-order chi connectivity index (χ0) is 21.0. The number of aryl methyl sites for hydroxylation is 1. The predicted molar refractivity (Wildman–Crippen MR) is 107 cm³/mol. The fourth-order valence-corrected chi connectivity index (χ4v) is 2.99. The van der Waals surface area contributed by atoms with Gasteiger partial charge < -0.3 is 9.64 Å². The van der Waals surface area contributed by atoms with E-state index in [1.165, 1.54) is 10.7 Å². The predicted octanol–water partition coefficient (Wildman–Crippen LogP) is 4.57. The van der Waals surface area contributed by atoms with E-state index in [4.69, 9.17) is 4.74 Å². The van der Waals surface area contributed by atoms with Crippen molar-refractivity contribution >= 4 is 5.91 Å². The molecule has 5 nitrogen and oxygen atoms in total. The Balaban J connectivity index is 2.00. The van der Waals surface area contributed by atoms with Crippen molar-refractivity contribution in [2.24, 2.45) is 7.05 Å². The quantitative estimate of drug-likeness (QED) is 0.585. The molecule has 0 aliphatic rings. The van der Waals surface area contributed by atoms with Gasteiger partial charge in [0.2, 0.25) is 11.8 Å². The van der Waals surface area contributed by atoms with Gasteiger partial charge in [-0.05, 0) is 25.5 Å². The number of aromatic nitrogens is 2. The number of hydrogen-bond donors (Lipinski definition) is 0. The summed E-state index contributed by atoms with van der Waals surface area (Å²) in [6, 6.07) is 12.6. The number of hydrogen-bond acceptors (Lipinski definition) is 3. The number of carbonyl (C=O) groups is 1. The Morgan fingerprint density at radius 3 is 2.55 bits per heavy atom. The second-order valence-electron chi connectivity index (χ2n) is 6.71. The van der Waals surface area contributed by atoms with E-state index in [1.807, 2.05) is 37.3 Å². The van der Waals surface area contributed by atoms with Crippen LogP contribution in [-0.2, 0) is 18.3 Å². The maximum atomic E-state index is 14.1. The third-order valence-electron chi connectivity index (χ3n) is 4.72. The minimum Gasteiger partial charge on any atom is -0.436 e. The summed E-state index contributed by atoms with van der Waals surface area (Å²) in [4.78, 5) is 14.0. The molecule has 0 fully saturated rings. The molecule has 152 valence electrons. The molecule has 7 heteroatoms. The number of amides is 1. The molecule has 0 bridgehead atoms. The second-order valence-corrected chi connectivity index (χ2v) is 6.71. The maximum absolute atomic E-state index is 14.1. The number of halogens is 2. The van der Waals surface area contributed by atoms with E-state index in [-0.39, 0.29) is 18.1 Å². The van der Waals surface area contributed by atoms with Gasteiger partial charge in [-0.1, -0.05) is 30.3 Å². The monoisotopic (exact) mass is 399 g/mol. The Labute approximate surface area is 168 Å². The molecule has 29 heavy (non-hydrogen) atoms. The van der Waals surface area contributed by atoms with E-state index >= 15 is 0 Å². The highest BCUT2D eigenvalue weighted by Crippen LogP contribution is 2.35.